The van der Waals surface area contributed by atoms with Crippen molar-refractivity contribution in [1.82, 2.24) is 4.57 Å². The van der Waals surface area contributed by atoms with Crippen LogP contribution in [0.3, 0.4) is 0 Å². The van der Waals surface area contributed by atoms with Gasteiger partial charge in [0.05, 0.1) is 16.5 Å². The van der Waals surface area contributed by atoms with Crippen LogP contribution in [0, 0.1) is 10.1 Å². The number of fused-ring (bicyclic) bond motifs is 1. The topological polar surface area (TPSA) is 57.3 Å². The number of hydrogen-bond donors (Lipinski definition) is 0. The van der Waals surface area contributed by atoms with Crippen molar-refractivity contribution in [3.05, 3.63) is 81.6 Å². The molecule has 24 heavy (non-hydrogen) atoms. The molecule has 0 aliphatic rings. The predicted molar refractivity (Wildman–Crippen MR) is 94.9 cm³/mol. The van der Waals surface area contributed by atoms with Crippen molar-refractivity contribution < 1.29 is 9.66 Å². The van der Waals surface area contributed by atoms with Gasteiger partial charge in [0.1, 0.15) is 12.4 Å². The Morgan fingerprint density at radius 3 is 2.71 bits per heavy atom. The summed E-state index contributed by atoms with van der Waals surface area (Å²) in [4.78, 5) is 10.1. The summed E-state index contributed by atoms with van der Waals surface area (Å²) in [5.74, 6) is 0.643. The molecule has 0 aliphatic carbocycles. The molecule has 0 bridgehead atoms. The lowest BCUT2D eigenvalue weighted by Gasteiger charge is -2.09. The number of hydrogen-bond acceptors (Lipinski definition) is 3. The lowest BCUT2D eigenvalue weighted by atomic mass is 10.2. The first-order chi connectivity index (χ1) is 11.6. The van der Waals surface area contributed by atoms with Crippen LogP contribution in [-0.4, -0.2) is 16.1 Å². The first-order valence-corrected chi connectivity index (χ1v) is 7.80. The van der Waals surface area contributed by atoms with Crippen LogP contribution in [0.1, 0.15) is 5.56 Å². The van der Waals surface area contributed by atoms with Crippen molar-refractivity contribution in [2.75, 3.05) is 6.61 Å². The molecule has 0 saturated carbocycles. The fourth-order valence-electron chi connectivity index (χ4n) is 2.55. The molecule has 0 N–H and O–H groups in total. The lowest BCUT2D eigenvalue weighted by molar-refractivity contribution is -0.400. The molecule has 0 unspecified atom stereocenters. The van der Waals surface area contributed by atoms with Crippen molar-refractivity contribution in [2.45, 2.75) is 6.54 Å². The molecule has 6 heteroatoms. The minimum absolute atomic E-state index is 0.445. The number of nitrogens with zero attached hydrogens (tertiary/aromatic N) is 2. The minimum atomic E-state index is -0.466. The van der Waals surface area contributed by atoms with Crippen molar-refractivity contribution in [3.63, 3.8) is 0 Å². The highest BCUT2D eigenvalue weighted by atomic mass is 35.5. The molecule has 0 aliphatic heterocycles. The molecule has 0 saturated heterocycles. The van der Waals surface area contributed by atoms with Gasteiger partial charge in [0.2, 0.25) is 6.20 Å². The Morgan fingerprint density at radius 1 is 1.17 bits per heavy atom. The molecule has 2 aromatic carbocycles. The zero-order chi connectivity index (χ0) is 16.9. The van der Waals surface area contributed by atoms with E-state index in [-0.39, 0.29) is 0 Å². The van der Waals surface area contributed by atoms with E-state index in [2.05, 4.69) is 0 Å². The van der Waals surface area contributed by atoms with Crippen molar-refractivity contribution in [3.8, 4) is 5.75 Å². The summed E-state index contributed by atoms with van der Waals surface area (Å²) in [6, 6.07) is 15.1. The molecule has 3 rings (SSSR count). The first-order valence-electron chi connectivity index (χ1n) is 7.42. The predicted octanol–water partition coefficient (Wildman–Crippen LogP) is 4.62. The Bertz CT molecular complexity index is 902. The Labute approximate surface area is 143 Å². The summed E-state index contributed by atoms with van der Waals surface area (Å²) < 4.78 is 7.74. The van der Waals surface area contributed by atoms with E-state index in [9.17, 15) is 10.1 Å². The van der Waals surface area contributed by atoms with Gasteiger partial charge in [-0.05, 0) is 18.2 Å². The molecule has 1 heterocycles. The molecular weight excluding hydrogens is 328 g/mol. The van der Waals surface area contributed by atoms with E-state index in [0.717, 1.165) is 22.7 Å². The molecular formula is C18H15ClN2O3. The standard InChI is InChI=1S/C18H15ClN2O3/c19-16-6-2-4-8-18(16)24-12-11-20-13-14(9-10-21(22)23)15-5-1-3-7-17(15)20/h1-10,13H,11-12H2/b10-9+. The van der Waals surface area contributed by atoms with E-state index in [0.29, 0.717) is 23.9 Å². The number of benzene rings is 2. The van der Waals surface area contributed by atoms with Gasteiger partial charge in [0.15, 0.2) is 0 Å². The van der Waals surface area contributed by atoms with Crippen LogP contribution in [0.25, 0.3) is 17.0 Å². The molecule has 0 spiro atoms. The zero-order valence-electron chi connectivity index (χ0n) is 12.8. The maximum Gasteiger partial charge on any atom is 0.235 e. The lowest BCUT2D eigenvalue weighted by Crippen LogP contribution is -2.07. The normalized spacial score (nSPS) is 11.2. The molecule has 0 radical (unpaired) electrons. The number of rotatable bonds is 6. The highest BCUT2D eigenvalue weighted by Gasteiger charge is 2.07. The second-order valence-corrected chi connectivity index (χ2v) is 5.58. The third-order valence-corrected chi connectivity index (χ3v) is 3.93. The van der Waals surface area contributed by atoms with Crippen LogP contribution in [-0.2, 0) is 6.54 Å². The summed E-state index contributed by atoms with van der Waals surface area (Å²) in [7, 11) is 0. The van der Waals surface area contributed by atoms with E-state index in [4.69, 9.17) is 16.3 Å². The Kier molecular flexibility index (Phi) is 4.82. The van der Waals surface area contributed by atoms with Crippen LogP contribution in [0.5, 0.6) is 5.75 Å². The SMILES string of the molecule is O=[N+]([O-])/C=C/c1cn(CCOc2ccccc2Cl)c2ccccc12. The van der Waals surface area contributed by atoms with E-state index in [1.165, 1.54) is 6.08 Å². The molecule has 5 nitrogen and oxygen atoms in total. The molecule has 0 amide bonds. The van der Waals surface area contributed by atoms with Crippen LogP contribution in [0.2, 0.25) is 5.02 Å². The number of nitro groups is 1. The van der Waals surface area contributed by atoms with Gasteiger partial charge in [-0.15, -0.1) is 0 Å². The van der Waals surface area contributed by atoms with Crippen LogP contribution >= 0.6 is 11.6 Å². The smallest absolute Gasteiger partial charge is 0.235 e. The van der Waals surface area contributed by atoms with E-state index < -0.39 is 4.92 Å². The van der Waals surface area contributed by atoms with Gasteiger partial charge in [0.25, 0.3) is 0 Å². The summed E-state index contributed by atoms with van der Waals surface area (Å²) in [6.45, 7) is 1.05. The van der Waals surface area contributed by atoms with E-state index in [1.54, 1.807) is 6.07 Å². The second kappa shape index (κ2) is 7.19. The summed E-state index contributed by atoms with van der Waals surface area (Å²) in [6.07, 6.45) is 4.35. The van der Waals surface area contributed by atoms with Crippen LogP contribution in [0.4, 0.5) is 0 Å². The fourth-order valence-corrected chi connectivity index (χ4v) is 2.74. The fraction of sp³-hybridized carbons (Fsp3) is 0.111. The van der Waals surface area contributed by atoms with Gasteiger partial charge in [-0.25, -0.2) is 0 Å². The minimum Gasteiger partial charge on any atom is -0.490 e. The Balaban J connectivity index is 1.79. The zero-order valence-corrected chi connectivity index (χ0v) is 13.5. The third-order valence-electron chi connectivity index (χ3n) is 3.62. The Morgan fingerprint density at radius 2 is 1.92 bits per heavy atom. The number of halogens is 1. The maximum atomic E-state index is 10.6. The quantitative estimate of drug-likeness (QED) is 0.485. The molecule has 3 aromatic rings. The largest absolute Gasteiger partial charge is 0.490 e. The van der Waals surface area contributed by atoms with E-state index >= 15 is 0 Å². The number of para-hydroxylation sites is 2. The first kappa shape index (κ1) is 16.1. The van der Waals surface area contributed by atoms with Gasteiger partial charge >= 0.3 is 0 Å². The van der Waals surface area contributed by atoms with Crippen molar-refractivity contribution >= 4 is 28.6 Å². The number of aromatic nitrogens is 1. The van der Waals surface area contributed by atoms with Crippen molar-refractivity contribution in [1.29, 1.82) is 0 Å². The molecule has 122 valence electrons. The van der Waals surface area contributed by atoms with Crippen LogP contribution < -0.4 is 4.74 Å². The monoisotopic (exact) mass is 342 g/mol. The van der Waals surface area contributed by atoms with Gasteiger partial charge in [-0.2, -0.15) is 0 Å². The highest BCUT2D eigenvalue weighted by molar-refractivity contribution is 6.32. The summed E-state index contributed by atoms with van der Waals surface area (Å²) >= 11 is 6.07. The average molecular weight is 343 g/mol. The third kappa shape index (κ3) is 3.58. The van der Waals surface area contributed by atoms with Gasteiger partial charge in [-0.3, -0.25) is 10.1 Å². The summed E-state index contributed by atoms with van der Waals surface area (Å²) in [5, 5.41) is 12.1. The highest BCUT2D eigenvalue weighted by Crippen LogP contribution is 2.24. The van der Waals surface area contributed by atoms with E-state index in [1.807, 2.05) is 53.2 Å². The molecule has 1 aromatic heterocycles. The van der Waals surface area contributed by atoms with Crippen LogP contribution in [0.15, 0.2) is 60.9 Å². The van der Waals surface area contributed by atoms with Gasteiger partial charge in [-0.1, -0.05) is 41.9 Å². The average Bonchev–Trinajstić information content (AvgIpc) is 2.93. The molecule has 0 atom stereocenters. The van der Waals surface area contributed by atoms with Gasteiger partial charge in [0, 0.05) is 28.7 Å². The summed E-state index contributed by atoms with van der Waals surface area (Å²) in [5.41, 5.74) is 1.81. The molecule has 0 fully saturated rings. The number of ether oxygens (including phenoxy) is 1. The van der Waals surface area contributed by atoms with Crippen molar-refractivity contribution in [2.24, 2.45) is 0 Å². The van der Waals surface area contributed by atoms with Gasteiger partial charge < -0.3 is 9.30 Å². The maximum absolute atomic E-state index is 10.6. The second-order valence-electron chi connectivity index (χ2n) is 5.17. The Hall–Kier alpha value is -2.79.